The number of carbonyl (C=O) groups excluding carboxylic acids is 1. The van der Waals surface area contributed by atoms with Gasteiger partial charge in [0.2, 0.25) is 0 Å². The van der Waals surface area contributed by atoms with E-state index in [9.17, 15) is 4.79 Å². The van der Waals surface area contributed by atoms with Gasteiger partial charge < -0.3 is 9.47 Å². The van der Waals surface area contributed by atoms with Crippen molar-refractivity contribution in [1.29, 1.82) is 0 Å². The first-order chi connectivity index (χ1) is 9.51. The normalized spacial score (nSPS) is 10.2. The molecule has 3 heteroatoms. The van der Waals surface area contributed by atoms with Crippen LogP contribution in [0.3, 0.4) is 0 Å². The second kappa shape index (κ2) is 5.78. The molecule has 0 aliphatic rings. The lowest BCUT2D eigenvalue weighted by Crippen LogP contribution is -2.00. The van der Waals surface area contributed by atoms with E-state index in [2.05, 4.69) is 0 Å². The van der Waals surface area contributed by atoms with Gasteiger partial charge in [-0.05, 0) is 56.2 Å². The SMILES string of the molecule is COc1cccc(Oc2cc(C)c(C(C)=O)c(C)c2)c1. The van der Waals surface area contributed by atoms with E-state index in [0.29, 0.717) is 5.75 Å². The molecule has 0 aliphatic heterocycles. The van der Waals surface area contributed by atoms with E-state index in [0.717, 1.165) is 28.2 Å². The van der Waals surface area contributed by atoms with Crippen molar-refractivity contribution in [3.8, 4) is 17.2 Å². The minimum absolute atomic E-state index is 0.0768. The first-order valence-corrected chi connectivity index (χ1v) is 6.45. The van der Waals surface area contributed by atoms with Gasteiger partial charge in [-0.2, -0.15) is 0 Å². The first kappa shape index (κ1) is 14.1. The third kappa shape index (κ3) is 2.99. The topological polar surface area (TPSA) is 35.5 Å². The molecular formula is C17H18O3. The van der Waals surface area contributed by atoms with Crippen molar-refractivity contribution in [2.24, 2.45) is 0 Å². The van der Waals surface area contributed by atoms with Crippen molar-refractivity contribution in [2.45, 2.75) is 20.8 Å². The highest BCUT2D eigenvalue weighted by atomic mass is 16.5. The molecule has 20 heavy (non-hydrogen) atoms. The number of aryl methyl sites for hydroxylation is 2. The molecule has 0 radical (unpaired) electrons. The van der Waals surface area contributed by atoms with Crippen molar-refractivity contribution in [3.05, 3.63) is 53.1 Å². The quantitative estimate of drug-likeness (QED) is 0.777. The Morgan fingerprint density at radius 3 is 2.10 bits per heavy atom. The van der Waals surface area contributed by atoms with Crippen LogP contribution in [0.25, 0.3) is 0 Å². The second-order valence-electron chi connectivity index (χ2n) is 4.77. The Morgan fingerprint density at radius 1 is 0.950 bits per heavy atom. The molecule has 0 aliphatic carbocycles. The van der Waals surface area contributed by atoms with Crippen LogP contribution in [-0.2, 0) is 0 Å². The van der Waals surface area contributed by atoms with Gasteiger partial charge in [-0.25, -0.2) is 0 Å². The van der Waals surface area contributed by atoms with Crippen LogP contribution >= 0.6 is 0 Å². The van der Waals surface area contributed by atoms with Gasteiger partial charge in [0.15, 0.2) is 5.78 Å². The van der Waals surface area contributed by atoms with Crippen molar-refractivity contribution in [2.75, 3.05) is 7.11 Å². The number of hydrogen-bond acceptors (Lipinski definition) is 3. The summed E-state index contributed by atoms with van der Waals surface area (Å²) < 4.78 is 11.0. The molecule has 0 bridgehead atoms. The van der Waals surface area contributed by atoms with Gasteiger partial charge in [0, 0.05) is 11.6 Å². The highest BCUT2D eigenvalue weighted by Gasteiger charge is 2.10. The van der Waals surface area contributed by atoms with Crippen LogP contribution in [-0.4, -0.2) is 12.9 Å². The van der Waals surface area contributed by atoms with Gasteiger partial charge in [0.25, 0.3) is 0 Å². The van der Waals surface area contributed by atoms with E-state index >= 15 is 0 Å². The number of benzene rings is 2. The summed E-state index contributed by atoms with van der Waals surface area (Å²) in [5.74, 6) is 2.25. The lowest BCUT2D eigenvalue weighted by Gasteiger charge is -2.12. The average molecular weight is 270 g/mol. The van der Waals surface area contributed by atoms with Crippen molar-refractivity contribution < 1.29 is 14.3 Å². The minimum atomic E-state index is 0.0768. The third-order valence-electron chi connectivity index (χ3n) is 3.14. The number of ketones is 1. The number of Topliss-reactive ketones (excluding diaryl/α,β-unsaturated/α-hetero) is 1. The monoisotopic (exact) mass is 270 g/mol. The maximum absolute atomic E-state index is 11.6. The molecule has 0 saturated carbocycles. The van der Waals surface area contributed by atoms with Gasteiger partial charge in [0.1, 0.15) is 17.2 Å². The Labute approximate surface area is 119 Å². The molecule has 0 unspecified atom stereocenters. The van der Waals surface area contributed by atoms with E-state index in [4.69, 9.17) is 9.47 Å². The Bertz CT molecular complexity index is 621. The Balaban J connectivity index is 2.32. The molecule has 0 fully saturated rings. The molecule has 2 aromatic rings. The van der Waals surface area contributed by atoms with Gasteiger partial charge in [-0.1, -0.05) is 6.07 Å². The predicted molar refractivity (Wildman–Crippen MR) is 79.0 cm³/mol. The van der Waals surface area contributed by atoms with Crippen LogP contribution in [0, 0.1) is 13.8 Å². The molecular weight excluding hydrogens is 252 g/mol. The number of rotatable bonds is 4. The smallest absolute Gasteiger partial charge is 0.160 e. The maximum atomic E-state index is 11.6. The number of ether oxygens (including phenoxy) is 2. The van der Waals surface area contributed by atoms with E-state index in [1.807, 2.05) is 50.2 Å². The zero-order chi connectivity index (χ0) is 14.7. The fourth-order valence-electron chi connectivity index (χ4n) is 2.34. The molecule has 2 aromatic carbocycles. The van der Waals surface area contributed by atoms with Crippen LogP contribution in [0.1, 0.15) is 28.4 Å². The highest BCUT2D eigenvalue weighted by molar-refractivity contribution is 5.97. The molecule has 0 amide bonds. The third-order valence-corrected chi connectivity index (χ3v) is 3.14. The lowest BCUT2D eigenvalue weighted by atomic mass is 9.99. The van der Waals surface area contributed by atoms with Crippen LogP contribution in [0.2, 0.25) is 0 Å². The molecule has 104 valence electrons. The van der Waals surface area contributed by atoms with Crippen molar-refractivity contribution in [3.63, 3.8) is 0 Å². The first-order valence-electron chi connectivity index (χ1n) is 6.45. The van der Waals surface area contributed by atoms with Gasteiger partial charge in [-0.3, -0.25) is 4.79 Å². The van der Waals surface area contributed by atoms with Crippen LogP contribution < -0.4 is 9.47 Å². The Hall–Kier alpha value is -2.29. The summed E-state index contributed by atoms with van der Waals surface area (Å²) in [4.78, 5) is 11.6. The maximum Gasteiger partial charge on any atom is 0.160 e. The fraction of sp³-hybridized carbons (Fsp3) is 0.235. The van der Waals surface area contributed by atoms with Gasteiger partial charge in [0.05, 0.1) is 7.11 Å². The second-order valence-corrected chi connectivity index (χ2v) is 4.77. The Kier molecular flexibility index (Phi) is 4.08. The molecule has 0 atom stereocenters. The van der Waals surface area contributed by atoms with Crippen molar-refractivity contribution >= 4 is 5.78 Å². The number of carbonyl (C=O) groups is 1. The van der Waals surface area contributed by atoms with Crippen LogP contribution in [0.4, 0.5) is 0 Å². The van der Waals surface area contributed by atoms with E-state index in [1.165, 1.54) is 0 Å². The van der Waals surface area contributed by atoms with Crippen molar-refractivity contribution in [1.82, 2.24) is 0 Å². The summed E-state index contributed by atoms with van der Waals surface area (Å²) in [7, 11) is 1.62. The molecule has 0 saturated heterocycles. The summed E-state index contributed by atoms with van der Waals surface area (Å²) in [6, 6.07) is 11.2. The largest absolute Gasteiger partial charge is 0.497 e. The predicted octanol–water partition coefficient (Wildman–Crippen LogP) is 4.31. The molecule has 3 nitrogen and oxygen atoms in total. The summed E-state index contributed by atoms with van der Waals surface area (Å²) in [6.45, 7) is 5.42. The van der Waals surface area contributed by atoms with Gasteiger partial charge in [-0.15, -0.1) is 0 Å². The fourth-order valence-corrected chi connectivity index (χ4v) is 2.34. The van der Waals surface area contributed by atoms with E-state index in [-0.39, 0.29) is 5.78 Å². The molecule has 0 heterocycles. The highest BCUT2D eigenvalue weighted by Crippen LogP contribution is 2.28. The summed E-state index contributed by atoms with van der Waals surface area (Å²) in [5, 5.41) is 0. The molecule has 0 N–H and O–H groups in total. The summed E-state index contributed by atoms with van der Waals surface area (Å²) in [5.41, 5.74) is 2.62. The minimum Gasteiger partial charge on any atom is -0.497 e. The number of hydrogen-bond donors (Lipinski definition) is 0. The molecule has 0 aromatic heterocycles. The average Bonchev–Trinajstić information content (AvgIpc) is 2.37. The zero-order valence-electron chi connectivity index (χ0n) is 12.2. The van der Waals surface area contributed by atoms with E-state index < -0.39 is 0 Å². The lowest BCUT2D eigenvalue weighted by molar-refractivity contribution is 0.101. The Morgan fingerprint density at radius 2 is 1.55 bits per heavy atom. The van der Waals surface area contributed by atoms with Crippen LogP contribution in [0.5, 0.6) is 17.2 Å². The molecule has 2 rings (SSSR count). The summed E-state index contributed by atoms with van der Waals surface area (Å²) >= 11 is 0. The molecule has 0 spiro atoms. The number of methoxy groups -OCH3 is 1. The summed E-state index contributed by atoms with van der Waals surface area (Å²) in [6.07, 6.45) is 0. The van der Waals surface area contributed by atoms with E-state index in [1.54, 1.807) is 14.0 Å². The zero-order valence-corrected chi connectivity index (χ0v) is 12.2. The van der Waals surface area contributed by atoms with Gasteiger partial charge >= 0.3 is 0 Å². The van der Waals surface area contributed by atoms with Crippen LogP contribution in [0.15, 0.2) is 36.4 Å². The standard InChI is InChI=1S/C17H18O3/c1-11-8-16(9-12(2)17(11)13(3)18)20-15-7-5-6-14(10-15)19-4/h5-10H,1-4H3.